The van der Waals surface area contributed by atoms with Crippen molar-refractivity contribution in [3.63, 3.8) is 0 Å². The van der Waals surface area contributed by atoms with Gasteiger partial charge in [-0.1, -0.05) is 6.07 Å². The number of esters is 1. The Bertz CT molecular complexity index is 834. The van der Waals surface area contributed by atoms with Gasteiger partial charge in [-0.05, 0) is 55.0 Å². The smallest absolute Gasteiger partial charge is 0.331 e. The molecule has 0 aliphatic heterocycles. The van der Waals surface area contributed by atoms with E-state index in [1.807, 2.05) is 0 Å². The van der Waals surface area contributed by atoms with E-state index in [0.29, 0.717) is 17.8 Å². The van der Waals surface area contributed by atoms with Gasteiger partial charge in [0, 0.05) is 18.3 Å². The summed E-state index contributed by atoms with van der Waals surface area (Å²) in [6, 6.07) is 9.65. The second-order valence-corrected chi connectivity index (χ2v) is 5.45. The molecule has 27 heavy (non-hydrogen) atoms. The molecule has 142 valence electrons. The fraction of sp³-hybridized carbons (Fsp3) is 0.200. The van der Waals surface area contributed by atoms with Gasteiger partial charge in [-0.25, -0.2) is 13.6 Å². The van der Waals surface area contributed by atoms with Crippen LogP contribution >= 0.6 is 0 Å². The van der Waals surface area contributed by atoms with Crippen molar-refractivity contribution in [3.8, 4) is 5.75 Å². The predicted octanol–water partition coefficient (Wildman–Crippen LogP) is 3.58. The standard InChI is InChI=1S/C20H19F2NO4/c1-3-23(16-8-6-15(21)7-9-16)19(24)13-27-20(25)11-5-14-4-10-18(26-2)17(22)12-14/h4-12H,3,13H2,1-2H3/b11-5+. The number of hydrogen-bond acceptors (Lipinski definition) is 4. The summed E-state index contributed by atoms with van der Waals surface area (Å²) in [7, 11) is 1.35. The van der Waals surface area contributed by atoms with E-state index in [2.05, 4.69) is 0 Å². The lowest BCUT2D eigenvalue weighted by Crippen LogP contribution is -2.34. The molecule has 0 aromatic heterocycles. The van der Waals surface area contributed by atoms with Crippen molar-refractivity contribution in [2.24, 2.45) is 0 Å². The van der Waals surface area contributed by atoms with Crippen LogP contribution in [0, 0.1) is 11.6 Å². The highest BCUT2D eigenvalue weighted by Crippen LogP contribution is 2.18. The first-order valence-corrected chi connectivity index (χ1v) is 8.19. The first-order chi connectivity index (χ1) is 12.9. The van der Waals surface area contributed by atoms with E-state index in [1.54, 1.807) is 13.0 Å². The zero-order valence-electron chi connectivity index (χ0n) is 14.9. The van der Waals surface area contributed by atoms with Crippen LogP contribution in [0.2, 0.25) is 0 Å². The molecule has 0 saturated heterocycles. The maximum absolute atomic E-state index is 13.6. The number of halogens is 2. The molecule has 2 rings (SSSR count). The minimum absolute atomic E-state index is 0.0979. The summed E-state index contributed by atoms with van der Waals surface area (Å²) in [4.78, 5) is 25.4. The topological polar surface area (TPSA) is 55.8 Å². The number of hydrogen-bond donors (Lipinski definition) is 0. The fourth-order valence-electron chi connectivity index (χ4n) is 2.33. The van der Waals surface area contributed by atoms with E-state index >= 15 is 0 Å². The van der Waals surface area contributed by atoms with Crippen LogP contribution in [0.3, 0.4) is 0 Å². The average Bonchev–Trinajstić information content (AvgIpc) is 2.67. The zero-order chi connectivity index (χ0) is 19.8. The van der Waals surface area contributed by atoms with Gasteiger partial charge < -0.3 is 14.4 Å². The molecule has 0 spiro atoms. The highest BCUT2D eigenvalue weighted by molar-refractivity contribution is 5.96. The van der Waals surface area contributed by atoms with Crippen molar-refractivity contribution < 1.29 is 27.8 Å². The maximum atomic E-state index is 13.6. The minimum atomic E-state index is -0.741. The van der Waals surface area contributed by atoms with E-state index in [1.165, 1.54) is 54.5 Å². The molecule has 0 aliphatic carbocycles. The number of rotatable bonds is 7. The van der Waals surface area contributed by atoms with Crippen molar-refractivity contribution in [1.82, 2.24) is 0 Å². The Balaban J connectivity index is 1.92. The molecule has 0 N–H and O–H groups in total. The first kappa shape index (κ1) is 20.1. The summed E-state index contributed by atoms with van der Waals surface area (Å²) in [5, 5.41) is 0. The third kappa shape index (κ3) is 5.64. The third-order valence-corrected chi connectivity index (χ3v) is 3.68. The van der Waals surface area contributed by atoms with Crippen LogP contribution in [0.25, 0.3) is 6.08 Å². The number of nitrogens with zero attached hydrogens (tertiary/aromatic N) is 1. The fourth-order valence-corrected chi connectivity index (χ4v) is 2.33. The van der Waals surface area contributed by atoms with Gasteiger partial charge in [0.25, 0.3) is 5.91 Å². The molecule has 0 bridgehead atoms. The van der Waals surface area contributed by atoms with Gasteiger partial charge in [-0.15, -0.1) is 0 Å². The monoisotopic (exact) mass is 375 g/mol. The highest BCUT2D eigenvalue weighted by atomic mass is 19.1. The van der Waals surface area contributed by atoms with Crippen LogP contribution in [-0.2, 0) is 14.3 Å². The van der Waals surface area contributed by atoms with Crippen molar-refractivity contribution >= 4 is 23.6 Å². The molecule has 0 heterocycles. The summed E-state index contributed by atoms with van der Waals surface area (Å²) in [6.45, 7) is 1.62. The molecule has 0 aliphatic rings. The summed E-state index contributed by atoms with van der Waals surface area (Å²) in [5.41, 5.74) is 0.947. The summed E-state index contributed by atoms with van der Waals surface area (Å²) >= 11 is 0. The van der Waals surface area contributed by atoms with Crippen LogP contribution in [-0.4, -0.2) is 32.1 Å². The Morgan fingerprint density at radius 2 is 1.81 bits per heavy atom. The van der Waals surface area contributed by atoms with Gasteiger partial charge >= 0.3 is 5.97 Å². The van der Waals surface area contributed by atoms with E-state index < -0.39 is 30.1 Å². The Hall–Kier alpha value is -3.22. The van der Waals surface area contributed by atoms with Gasteiger partial charge in [0.05, 0.1) is 7.11 Å². The number of carbonyl (C=O) groups is 2. The van der Waals surface area contributed by atoms with Crippen LogP contribution in [0.5, 0.6) is 5.75 Å². The molecular weight excluding hydrogens is 356 g/mol. The van der Waals surface area contributed by atoms with E-state index in [0.717, 1.165) is 6.08 Å². The lowest BCUT2D eigenvalue weighted by Gasteiger charge is -2.20. The molecule has 0 unspecified atom stereocenters. The van der Waals surface area contributed by atoms with E-state index in [4.69, 9.17) is 9.47 Å². The minimum Gasteiger partial charge on any atom is -0.494 e. The highest BCUT2D eigenvalue weighted by Gasteiger charge is 2.15. The van der Waals surface area contributed by atoms with Crippen molar-refractivity contribution in [1.29, 1.82) is 0 Å². The first-order valence-electron chi connectivity index (χ1n) is 8.19. The normalized spacial score (nSPS) is 10.7. The molecule has 2 aromatic rings. The lowest BCUT2D eigenvalue weighted by molar-refractivity contribution is -0.142. The molecule has 7 heteroatoms. The summed E-state index contributed by atoms with van der Waals surface area (Å²) < 4.78 is 36.3. The molecule has 0 fully saturated rings. The molecule has 5 nitrogen and oxygen atoms in total. The van der Waals surface area contributed by atoms with E-state index in [-0.39, 0.29) is 5.75 Å². The SMILES string of the molecule is CCN(C(=O)COC(=O)/C=C/c1ccc(OC)c(F)c1)c1ccc(F)cc1. The van der Waals surface area contributed by atoms with E-state index in [9.17, 15) is 18.4 Å². The molecule has 1 amide bonds. The Kier molecular flexibility index (Phi) is 7.05. The number of methoxy groups -OCH3 is 1. The largest absolute Gasteiger partial charge is 0.494 e. The van der Waals surface area contributed by atoms with Crippen LogP contribution in [0.4, 0.5) is 14.5 Å². The average molecular weight is 375 g/mol. The number of benzene rings is 2. The number of likely N-dealkylation sites (N-methyl/N-ethyl adjacent to an activating group) is 1. The number of carbonyl (C=O) groups excluding carboxylic acids is 2. The predicted molar refractivity (Wildman–Crippen MR) is 97.4 cm³/mol. The van der Waals surface area contributed by atoms with Crippen LogP contribution in [0.15, 0.2) is 48.5 Å². The van der Waals surface area contributed by atoms with Crippen LogP contribution in [0.1, 0.15) is 12.5 Å². The zero-order valence-corrected chi connectivity index (χ0v) is 14.9. The second kappa shape index (κ2) is 9.47. The maximum Gasteiger partial charge on any atom is 0.331 e. The number of amides is 1. The van der Waals surface area contributed by atoms with Crippen LogP contribution < -0.4 is 9.64 Å². The summed E-state index contributed by atoms with van der Waals surface area (Å²) in [6.07, 6.45) is 2.47. The Morgan fingerprint density at radius 1 is 1.11 bits per heavy atom. The Morgan fingerprint density at radius 3 is 2.41 bits per heavy atom. The van der Waals surface area contributed by atoms with Gasteiger partial charge in [0.15, 0.2) is 18.2 Å². The van der Waals surface area contributed by atoms with Gasteiger partial charge in [0.1, 0.15) is 5.82 Å². The third-order valence-electron chi connectivity index (χ3n) is 3.68. The number of anilines is 1. The summed E-state index contributed by atoms with van der Waals surface area (Å²) in [5.74, 6) is -2.05. The second-order valence-electron chi connectivity index (χ2n) is 5.45. The van der Waals surface area contributed by atoms with Gasteiger partial charge in [-0.3, -0.25) is 4.79 Å². The van der Waals surface area contributed by atoms with Gasteiger partial charge in [-0.2, -0.15) is 0 Å². The van der Waals surface area contributed by atoms with Crippen molar-refractivity contribution in [3.05, 3.63) is 65.7 Å². The molecule has 0 atom stereocenters. The quantitative estimate of drug-likeness (QED) is 0.548. The van der Waals surface area contributed by atoms with Crippen molar-refractivity contribution in [2.75, 3.05) is 25.2 Å². The van der Waals surface area contributed by atoms with Gasteiger partial charge in [0.2, 0.25) is 0 Å². The number of ether oxygens (including phenoxy) is 2. The van der Waals surface area contributed by atoms with Crippen molar-refractivity contribution in [2.45, 2.75) is 6.92 Å². The molecular formula is C20H19F2NO4. The molecule has 0 radical (unpaired) electrons. The molecule has 2 aromatic carbocycles. The molecule has 0 saturated carbocycles. The Labute approximate surface area is 155 Å². The lowest BCUT2D eigenvalue weighted by atomic mass is 10.2.